The number of hydrogen-bond acceptors (Lipinski definition) is 6. The molecule has 1 aromatic carbocycles. The molecule has 0 unspecified atom stereocenters. The standard InChI is InChI=1S/C18H16N2O7/c21-9-14-13(22)7-15(27-14)20-8-12(16(23)19-18(20)26)6-3-10-1-4-11(5-2-10)17(24)25/h1-2,4-5,8,13-15,21-22H,7,9H2,(H,24,25)(H,19,23,26)/t13-,14+,15+/m0/s1. The monoisotopic (exact) mass is 372 g/mol. The maximum atomic E-state index is 12.0. The van der Waals surface area contributed by atoms with Crippen molar-refractivity contribution in [2.75, 3.05) is 6.61 Å². The Balaban J connectivity index is 1.90. The van der Waals surface area contributed by atoms with Crippen LogP contribution in [0.4, 0.5) is 0 Å². The normalized spacial score (nSPS) is 21.5. The van der Waals surface area contributed by atoms with Gasteiger partial charge in [-0.05, 0) is 24.3 Å². The highest BCUT2D eigenvalue weighted by Crippen LogP contribution is 2.27. The summed E-state index contributed by atoms with van der Waals surface area (Å²) in [6.45, 7) is -0.394. The number of carbonyl (C=O) groups is 1. The molecule has 0 aliphatic carbocycles. The molecule has 3 atom stereocenters. The Labute approximate surface area is 152 Å². The number of carboxylic acids is 1. The van der Waals surface area contributed by atoms with Gasteiger partial charge in [-0.3, -0.25) is 14.3 Å². The van der Waals surface area contributed by atoms with Crippen LogP contribution in [-0.4, -0.2) is 49.7 Å². The average molecular weight is 372 g/mol. The first-order valence-corrected chi connectivity index (χ1v) is 8.04. The molecular weight excluding hydrogens is 356 g/mol. The summed E-state index contributed by atoms with van der Waals surface area (Å²) in [7, 11) is 0. The summed E-state index contributed by atoms with van der Waals surface area (Å²) in [6.07, 6.45) is -1.26. The minimum Gasteiger partial charge on any atom is -0.478 e. The highest BCUT2D eigenvalue weighted by molar-refractivity contribution is 5.87. The largest absolute Gasteiger partial charge is 0.478 e. The minimum absolute atomic E-state index is 0.00227. The molecule has 1 aliphatic rings. The Morgan fingerprint density at radius 2 is 1.96 bits per heavy atom. The van der Waals surface area contributed by atoms with Gasteiger partial charge in [0.2, 0.25) is 0 Å². The van der Waals surface area contributed by atoms with E-state index in [1.807, 2.05) is 0 Å². The van der Waals surface area contributed by atoms with Crippen LogP contribution in [-0.2, 0) is 4.74 Å². The first-order chi connectivity index (χ1) is 12.9. The van der Waals surface area contributed by atoms with Crippen LogP contribution in [0.1, 0.15) is 34.1 Å². The lowest BCUT2D eigenvalue weighted by atomic mass is 10.1. The molecule has 9 heteroatoms. The van der Waals surface area contributed by atoms with Crippen molar-refractivity contribution >= 4 is 5.97 Å². The molecule has 9 nitrogen and oxygen atoms in total. The number of hydrogen-bond donors (Lipinski definition) is 4. The summed E-state index contributed by atoms with van der Waals surface area (Å²) in [5.41, 5.74) is -0.787. The summed E-state index contributed by atoms with van der Waals surface area (Å²) >= 11 is 0. The van der Waals surface area contributed by atoms with Crippen molar-refractivity contribution in [3.63, 3.8) is 0 Å². The van der Waals surface area contributed by atoms with E-state index < -0.39 is 42.3 Å². The minimum atomic E-state index is -1.06. The second kappa shape index (κ2) is 7.59. The molecule has 27 heavy (non-hydrogen) atoms. The SMILES string of the molecule is O=C(O)c1ccc(C#Cc2cn([C@H]3C[C@H](O)[C@@H](CO)O3)c(=O)[nH]c2=O)cc1. The fraction of sp³-hybridized carbons (Fsp3) is 0.278. The number of nitrogens with zero attached hydrogens (tertiary/aromatic N) is 1. The Bertz CT molecular complexity index is 1030. The molecule has 1 fully saturated rings. The van der Waals surface area contributed by atoms with Crippen molar-refractivity contribution < 1.29 is 24.9 Å². The number of benzene rings is 1. The fourth-order valence-electron chi connectivity index (χ4n) is 2.67. The van der Waals surface area contributed by atoms with E-state index in [0.29, 0.717) is 5.56 Å². The van der Waals surface area contributed by atoms with E-state index in [4.69, 9.17) is 14.9 Å². The van der Waals surface area contributed by atoms with Crippen LogP contribution in [0.25, 0.3) is 0 Å². The van der Waals surface area contributed by atoms with Crippen LogP contribution in [0.15, 0.2) is 40.1 Å². The van der Waals surface area contributed by atoms with Gasteiger partial charge in [-0.1, -0.05) is 11.8 Å². The second-order valence-corrected chi connectivity index (χ2v) is 5.96. The summed E-state index contributed by atoms with van der Waals surface area (Å²) in [6, 6.07) is 5.78. The van der Waals surface area contributed by atoms with Crippen molar-refractivity contribution in [3.8, 4) is 11.8 Å². The predicted molar refractivity (Wildman–Crippen MR) is 92.3 cm³/mol. The van der Waals surface area contributed by atoms with E-state index in [0.717, 1.165) is 4.57 Å². The van der Waals surface area contributed by atoms with Crippen LogP contribution in [0.5, 0.6) is 0 Å². The molecule has 3 rings (SSSR count). The summed E-state index contributed by atoms with van der Waals surface area (Å²) in [5, 5.41) is 27.8. The number of aromatic nitrogens is 2. The molecule has 1 aromatic heterocycles. The van der Waals surface area contributed by atoms with Gasteiger partial charge in [-0.25, -0.2) is 9.59 Å². The lowest BCUT2D eigenvalue weighted by Crippen LogP contribution is -2.33. The molecule has 1 saturated heterocycles. The summed E-state index contributed by atoms with van der Waals surface area (Å²) in [4.78, 5) is 37.0. The topological polar surface area (TPSA) is 142 Å². The van der Waals surface area contributed by atoms with Crippen molar-refractivity contribution in [2.24, 2.45) is 0 Å². The Hall–Kier alpha value is -3.19. The third-order valence-corrected chi connectivity index (χ3v) is 4.14. The van der Waals surface area contributed by atoms with Crippen molar-refractivity contribution in [3.05, 3.63) is 68.0 Å². The van der Waals surface area contributed by atoms with Gasteiger partial charge in [0.25, 0.3) is 5.56 Å². The van der Waals surface area contributed by atoms with Gasteiger partial charge in [0, 0.05) is 18.2 Å². The Kier molecular flexibility index (Phi) is 5.23. The molecule has 0 saturated carbocycles. The zero-order chi connectivity index (χ0) is 19.6. The molecule has 2 heterocycles. The van der Waals surface area contributed by atoms with E-state index in [2.05, 4.69) is 16.8 Å². The zero-order valence-electron chi connectivity index (χ0n) is 14.0. The van der Waals surface area contributed by atoms with Gasteiger partial charge in [0.15, 0.2) is 0 Å². The quantitative estimate of drug-likeness (QED) is 0.521. The predicted octanol–water partition coefficient (Wildman–Crippen LogP) is -0.725. The fourth-order valence-corrected chi connectivity index (χ4v) is 2.67. The van der Waals surface area contributed by atoms with Gasteiger partial charge in [-0.2, -0.15) is 0 Å². The number of aromatic carboxylic acids is 1. The molecule has 140 valence electrons. The lowest BCUT2D eigenvalue weighted by molar-refractivity contribution is -0.0459. The van der Waals surface area contributed by atoms with Crippen molar-refractivity contribution in [1.29, 1.82) is 0 Å². The molecular formula is C18H16N2O7. The van der Waals surface area contributed by atoms with Crippen molar-refractivity contribution in [2.45, 2.75) is 24.9 Å². The number of aliphatic hydroxyl groups is 2. The average Bonchev–Trinajstić information content (AvgIpc) is 3.02. The van der Waals surface area contributed by atoms with E-state index in [-0.39, 0.29) is 17.5 Å². The number of H-pyrrole nitrogens is 1. The number of nitrogens with one attached hydrogen (secondary N) is 1. The highest BCUT2D eigenvalue weighted by atomic mass is 16.5. The first kappa shape index (κ1) is 18.6. The third-order valence-electron chi connectivity index (χ3n) is 4.14. The lowest BCUT2D eigenvalue weighted by Gasteiger charge is -2.14. The van der Waals surface area contributed by atoms with Gasteiger partial charge in [0.05, 0.1) is 18.3 Å². The molecule has 4 N–H and O–H groups in total. The van der Waals surface area contributed by atoms with Crippen molar-refractivity contribution in [1.82, 2.24) is 9.55 Å². The maximum Gasteiger partial charge on any atom is 0.335 e. The maximum absolute atomic E-state index is 12.0. The van der Waals surface area contributed by atoms with Crippen LogP contribution in [0.2, 0.25) is 0 Å². The number of ether oxygens (including phenoxy) is 1. The van der Waals surface area contributed by atoms with Gasteiger partial charge in [-0.15, -0.1) is 0 Å². The van der Waals surface area contributed by atoms with E-state index >= 15 is 0 Å². The van der Waals surface area contributed by atoms with E-state index in [9.17, 15) is 19.5 Å². The summed E-state index contributed by atoms with van der Waals surface area (Å²) in [5.74, 6) is 4.31. The third kappa shape index (κ3) is 3.98. The van der Waals surface area contributed by atoms with Gasteiger partial charge in [0.1, 0.15) is 17.9 Å². The van der Waals surface area contributed by atoms with E-state index in [1.165, 1.54) is 30.5 Å². The van der Waals surface area contributed by atoms with Gasteiger partial charge >= 0.3 is 11.7 Å². The Morgan fingerprint density at radius 1 is 1.26 bits per heavy atom. The summed E-state index contributed by atoms with van der Waals surface area (Å²) < 4.78 is 6.53. The number of aliphatic hydroxyl groups excluding tert-OH is 2. The molecule has 0 amide bonds. The number of carboxylic acid groups (broad SMARTS) is 1. The first-order valence-electron chi connectivity index (χ1n) is 8.04. The van der Waals surface area contributed by atoms with E-state index in [1.54, 1.807) is 0 Å². The molecule has 0 radical (unpaired) electrons. The Morgan fingerprint density at radius 3 is 2.56 bits per heavy atom. The number of rotatable bonds is 3. The van der Waals surface area contributed by atoms with Crippen LogP contribution < -0.4 is 11.2 Å². The molecule has 0 spiro atoms. The highest BCUT2D eigenvalue weighted by Gasteiger charge is 2.35. The smallest absolute Gasteiger partial charge is 0.335 e. The molecule has 0 bridgehead atoms. The van der Waals surface area contributed by atoms with Crippen LogP contribution in [0, 0.1) is 11.8 Å². The zero-order valence-corrected chi connectivity index (χ0v) is 14.0. The molecule has 2 aromatic rings. The van der Waals surface area contributed by atoms with Crippen LogP contribution in [0.3, 0.4) is 0 Å². The van der Waals surface area contributed by atoms with Gasteiger partial charge < -0.3 is 20.1 Å². The number of aromatic amines is 1. The van der Waals surface area contributed by atoms with Crippen LogP contribution >= 0.6 is 0 Å². The molecule has 1 aliphatic heterocycles. The second-order valence-electron chi connectivity index (χ2n) is 5.96.